The van der Waals surface area contributed by atoms with Crippen LogP contribution in [-0.4, -0.2) is 44.9 Å². The summed E-state index contributed by atoms with van der Waals surface area (Å²) < 4.78 is 12.5. The minimum atomic E-state index is -2.54. The fraction of sp³-hybridized carbons (Fsp3) is 0.400. The van der Waals surface area contributed by atoms with Crippen molar-refractivity contribution in [3.05, 3.63) is 71.8 Å². The second-order valence-corrected chi connectivity index (χ2v) is 23.9. The Labute approximate surface area is 160 Å². The van der Waals surface area contributed by atoms with E-state index >= 15 is 0 Å². The third-order valence-electron chi connectivity index (χ3n) is 3.87. The normalized spacial score (nSPS) is 16.9. The Balaban J connectivity index is 2.06. The van der Waals surface area contributed by atoms with Gasteiger partial charge in [-0.1, -0.05) is 0 Å². The van der Waals surface area contributed by atoms with Gasteiger partial charge in [0.2, 0.25) is 0 Å². The Morgan fingerprint density at radius 2 is 0.962 bits per heavy atom. The van der Waals surface area contributed by atoms with Gasteiger partial charge in [0.15, 0.2) is 0 Å². The topological polar surface area (TPSA) is 38.7 Å². The summed E-state index contributed by atoms with van der Waals surface area (Å²) in [6.45, 7) is 7.76. The van der Waals surface area contributed by atoms with Crippen LogP contribution in [0.3, 0.4) is 0 Å². The van der Waals surface area contributed by atoms with E-state index in [1.165, 1.54) is 11.1 Å². The van der Waals surface area contributed by atoms with Gasteiger partial charge in [-0.15, -0.1) is 0 Å². The van der Waals surface area contributed by atoms with Crippen molar-refractivity contribution < 1.29 is 13.5 Å². The van der Waals surface area contributed by atoms with Crippen molar-refractivity contribution >= 4 is 22.3 Å². The quantitative estimate of drug-likeness (QED) is 0.511. The monoisotopic (exact) mass is 414 g/mol. The Morgan fingerprint density at radius 1 is 0.654 bits per heavy atom. The Hall–Kier alpha value is -0.390. The van der Waals surface area contributed by atoms with Crippen molar-refractivity contribution in [1.29, 1.82) is 0 Å². The molecule has 2 rings (SSSR count). The molecular formula is C20H33O3P3. The van der Waals surface area contributed by atoms with Gasteiger partial charge in [-0.2, -0.15) is 0 Å². The van der Waals surface area contributed by atoms with Gasteiger partial charge in [0.25, 0.3) is 0 Å². The van der Waals surface area contributed by atoms with Crippen LogP contribution in [0.2, 0.25) is 0 Å². The van der Waals surface area contributed by atoms with E-state index < -0.39 is 22.3 Å². The van der Waals surface area contributed by atoms with Gasteiger partial charge in [0.1, 0.15) is 0 Å². The van der Waals surface area contributed by atoms with Crippen LogP contribution in [0.15, 0.2) is 60.7 Å². The molecule has 0 aliphatic heterocycles. The molecule has 3 nitrogen and oxygen atoms in total. The van der Waals surface area contributed by atoms with Crippen LogP contribution in [0.5, 0.6) is 0 Å². The van der Waals surface area contributed by atoms with Crippen molar-refractivity contribution in [2.45, 2.75) is 12.3 Å². The molecule has 0 fully saturated rings. The van der Waals surface area contributed by atoms with Crippen LogP contribution in [0.4, 0.5) is 0 Å². The zero-order valence-corrected chi connectivity index (χ0v) is 19.5. The maximum absolute atomic E-state index is 10.7. The van der Waals surface area contributed by atoms with Crippen LogP contribution in [0.25, 0.3) is 0 Å². The first-order valence-corrected chi connectivity index (χ1v) is 17.3. The van der Waals surface area contributed by atoms with Crippen LogP contribution >= 0.6 is 22.3 Å². The van der Waals surface area contributed by atoms with Crippen LogP contribution in [0.1, 0.15) is 11.1 Å². The fourth-order valence-electron chi connectivity index (χ4n) is 3.00. The number of benzene rings is 2. The third kappa shape index (κ3) is 7.69. The van der Waals surface area contributed by atoms with Gasteiger partial charge >= 0.3 is 160 Å². The zero-order chi connectivity index (χ0) is 19.5. The molecule has 0 radical (unpaired) electrons. The zero-order valence-electron chi connectivity index (χ0n) is 16.8. The molecule has 146 valence electrons. The molecule has 0 bridgehead atoms. The molecule has 0 saturated carbocycles. The molecule has 0 atom stereocenters. The van der Waals surface area contributed by atoms with E-state index in [4.69, 9.17) is 8.62 Å². The summed E-state index contributed by atoms with van der Waals surface area (Å²) in [6.07, 6.45) is 1.64. The maximum atomic E-state index is 10.7. The summed E-state index contributed by atoms with van der Waals surface area (Å²) >= 11 is 0. The Morgan fingerprint density at radius 3 is 1.27 bits per heavy atom. The summed E-state index contributed by atoms with van der Waals surface area (Å²) in [4.78, 5) is 10.7. The summed E-state index contributed by atoms with van der Waals surface area (Å²) in [5.74, 6) is 0. The first kappa shape index (κ1) is 21.9. The van der Waals surface area contributed by atoms with E-state index in [0.717, 1.165) is 12.3 Å². The first-order valence-electron chi connectivity index (χ1n) is 8.77. The molecule has 2 aromatic carbocycles. The average Bonchev–Trinajstić information content (AvgIpc) is 2.44. The second-order valence-electron chi connectivity index (χ2n) is 9.62. The minimum absolute atomic E-state index is 0.820. The van der Waals surface area contributed by atoms with Crippen molar-refractivity contribution in [2.24, 2.45) is 0 Å². The molecule has 0 saturated heterocycles. The van der Waals surface area contributed by atoms with E-state index in [2.05, 4.69) is 64.3 Å². The van der Waals surface area contributed by atoms with Gasteiger partial charge in [0.05, 0.1) is 0 Å². The van der Waals surface area contributed by atoms with Gasteiger partial charge in [0, 0.05) is 0 Å². The first-order chi connectivity index (χ1) is 11.8. The number of hydrogen-bond acceptors (Lipinski definition) is 3. The van der Waals surface area contributed by atoms with E-state index in [1.54, 1.807) is 0 Å². The van der Waals surface area contributed by atoms with Crippen LogP contribution in [0, 0.1) is 0 Å². The molecule has 0 aliphatic rings. The van der Waals surface area contributed by atoms with Crippen LogP contribution < -0.4 is 0 Å². The van der Waals surface area contributed by atoms with E-state index in [0.29, 0.717) is 0 Å². The molecule has 26 heavy (non-hydrogen) atoms. The summed E-state index contributed by atoms with van der Waals surface area (Å²) in [7, 11) is -1.93. The van der Waals surface area contributed by atoms with Gasteiger partial charge in [-0.05, 0) is 0 Å². The van der Waals surface area contributed by atoms with Crippen molar-refractivity contribution in [2.75, 3.05) is 40.0 Å². The molecule has 6 heteroatoms. The fourth-order valence-corrected chi connectivity index (χ4v) is 10.9. The summed E-state index contributed by atoms with van der Waals surface area (Å²) in [6, 6.07) is 20.6. The Kier molecular flexibility index (Phi) is 6.37. The summed E-state index contributed by atoms with van der Waals surface area (Å²) in [5, 5.41) is 0. The SMILES string of the molecule is CP(C)(C)(Cc1ccccc1)OP(O)OP(C)(C)(C)Cc1ccccc1. The van der Waals surface area contributed by atoms with Crippen molar-refractivity contribution in [3.63, 3.8) is 0 Å². The second kappa shape index (κ2) is 7.56. The number of rotatable bonds is 8. The predicted molar refractivity (Wildman–Crippen MR) is 121 cm³/mol. The average molecular weight is 414 g/mol. The van der Waals surface area contributed by atoms with E-state index in [-0.39, 0.29) is 0 Å². The third-order valence-corrected chi connectivity index (χ3v) is 12.7. The van der Waals surface area contributed by atoms with Crippen LogP contribution in [-0.2, 0) is 20.9 Å². The Bertz CT molecular complexity index is 652. The predicted octanol–water partition coefficient (Wildman–Crippen LogP) is 6.35. The van der Waals surface area contributed by atoms with Gasteiger partial charge < -0.3 is 0 Å². The molecule has 1 N–H and O–H groups in total. The molecule has 0 spiro atoms. The molecule has 0 aliphatic carbocycles. The molecular weight excluding hydrogens is 381 g/mol. The van der Waals surface area contributed by atoms with Crippen molar-refractivity contribution in [1.82, 2.24) is 0 Å². The summed E-state index contributed by atoms with van der Waals surface area (Å²) in [5.41, 5.74) is 2.46. The molecule has 0 aromatic heterocycles. The van der Waals surface area contributed by atoms with Gasteiger partial charge in [-0.25, -0.2) is 0 Å². The molecule has 0 amide bonds. The number of hydrogen-bond donors (Lipinski definition) is 1. The standard InChI is InChI=1S/C20H33O3P3/c1-25(2,3,17-19-13-9-7-10-14-19)22-24(21)23-26(4,5,6)18-20-15-11-8-12-16-20/h7-16,21H,17-18H2,1-6H3. The van der Waals surface area contributed by atoms with Crippen molar-refractivity contribution in [3.8, 4) is 0 Å². The van der Waals surface area contributed by atoms with Gasteiger partial charge in [-0.3, -0.25) is 0 Å². The molecule has 0 heterocycles. The molecule has 0 unspecified atom stereocenters. The molecule has 2 aromatic rings. The van der Waals surface area contributed by atoms with E-state index in [1.807, 2.05) is 36.4 Å². The van der Waals surface area contributed by atoms with E-state index in [9.17, 15) is 4.89 Å².